The number of aromatic nitrogens is 1. The zero-order valence-corrected chi connectivity index (χ0v) is 20.1. The van der Waals surface area contributed by atoms with Gasteiger partial charge in [0.2, 0.25) is 5.91 Å². The first-order valence-corrected chi connectivity index (χ1v) is 12.2. The van der Waals surface area contributed by atoms with Gasteiger partial charge in [0.05, 0.1) is 16.3 Å². The molecule has 0 aliphatic heterocycles. The molecule has 1 heterocycles. The van der Waals surface area contributed by atoms with Gasteiger partial charge < -0.3 is 21.4 Å². The maximum atomic E-state index is 12.7. The molecule has 10 heteroatoms. The molecule has 1 aromatic heterocycles. The SMILES string of the molecule is CC(=O)NCc1cc(N=C(N)c2c(NC3CCCCC3)cc[nH]c2=O)ccc1S(=O)N(C)C. The number of carbonyl (C=O) groups excluding carboxylic acids is 1. The number of amides is 1. The highest BCUT2D eigenvalue weighted by Gasteiger charge is 2.18. The zero-order valence-electron chi connectivity index (χ0n) is 19.3. The maximum Gasteiger partial charge on any atom is 0.261 e. The van der Waals surface area contributed by atoms with Crippen molar-refractivity contribution < 1.29 is 9.00 Å². The van der Waals surface area contributed by atoms with E-state index in [1.54, 1.807) is 48.9 Å². The second-order valence-electron chi connectivity index (χ2n) is 8.34. The summed E-state index contributed by atoms with van der Waals surface area (Å²) in [4.78, 5) is 31.8. The van der Waals surface area contributed by atoms with Crippen molar-refractivity contribution in [1.29, 1.82) is 0 Å². The number of pyridine rings is 1. The van der Waals surface area contributed by atoms with Crippen LogP contribution >= 0.6 is 0 Å². The first-order chi connectivity index (χ1) is 15.8. The predicted molar refractivity (Wildman–Crippen MR) is 132 cm³/mol. The van der Waals surface area contributed by atoms with Crippen LogP contribution in [0.5, 0.6) is 0 Å². The minimum atomic E-state index is -1.39. The Hall–Kier alpha value is -2.98. The number of hydrogen-bond acceptors (Lipinski definition) is 5. The van der Waals surface area contributed by atoms with Gasteiger partial charge in [-0.3, -0.25) is 9.59 Å². The summed E-state index contributed by atoms with van der Waals surface area (Å²) in [5.41, 5.74) is 8.11. The third-order valence-electron chi connectivity index (χ3n) is 5.52. The van der Waals surface area contributed by atoms with E-state index in [-0.39, 0.29) is 23.8 Å². The van der Waals surface area contributed by atoms with Crippen LogP contribution in [0, 0.1) is 0 Å². The van der Waals surface area contributed by atoms with Crippen molar-refractivity contribution in [2.45, 2.75) is 56.5 Å². The minimum absolute atomic E-state index is 0.0853. The molecule has 1 aliphatic rings. The van der Waals surface area contributed by atoms with Crippen LogP contribution in [0.25, 0.3) is 0 Å². The highest BCUT2D eigenvalue weighted by Crippen LogP contribution is 2.25. The van der Waals surface area contributed by atoms with Crippen molar-refractivity contribution in [3.8, 4) is 0 Å². The van der Waals surface area contributed by atoms with Gasteiger partial charge in [-0.2, -0.15) is 0 Å². The van der Waals surface area contributed by atoms with Crippen molar-refractivity contribution in [2.75, 3.05) is 19.4 Å². The summed E-state index contributed by atoms with van der Waals surface area (Å²) in [6.07, 6.45) is 7.27. The first-order valence-electron chi connectivity index (χ1n) is 11.1. The molecule has 1 fully saturated rings. The molecular formula is C23H32N6O3S. The largest absolute Gasteiger partial charge is 0.383 e. The van der Waals surface area contributed by atoms with Crippen LogP contribution in [0.4, 0.5) is 11.4 Å². The van der Waals surface area contributed by atoms with Crippen LogP contribution in [0.1, 0.15) is 50.2 Å². The molecule has 1 aromatic carbocycles. The first kappa shape index (κ1) is 24.7. The Morgan fingerprint density at radius 3 is 2.64 bits per heavy atom. The fourth-order valence-corrected chi connectivity index (χ4v) is 4.81. The molecule has 1 unspecified atom stereocenters. The monoisotopic (exact) mass is 472 g/mol. The highest BCUT2D eigenvalue weighted by molar-refractivity contribution is 7.82. The van der Waals surface area contributed by atoms with E-state index in [9.17, 15) is 13.8 Å². The molecule has 33 heavy (non-hydrogen) atoms. The number of aliphatic imine (C=N–C) groups is 1. The van der Waals surface area contributed by atoms with Crippen LogP contribution in [-0.4, -0.2) is 45.4 Å². The van der Waals surface area contributed by atoms with Gasteiger partial charge >= 0.3 is 0 Å². The Balaban J connectivity index is 1.95. The van der Waals surface area contributed by atoms with E-state index in [2.05, 4.69) is 20.6 Å². The fourth-order valence-electron chi connectivity index (χ4n) is 3.88. The van der Waals surface area contributed by atoms with E-state index in [1.807, 2.05) is 0 Å². The Morgan fingerprint density at radius 2 is 1.97 bits per heavy atom. The van der Waals surface area contributed by atoms with Crippen molar-refractivity contribution in [1.82, 2.24) is 14.6 Å². The Kier molecular flexibility index (Phi) is 8.40. The number of hydrogen-bond donors (Lipinski definition) is 4. The minimum Gasteiger partial charge on any atom is -0.383 e. The number of benzene rings is 1. The van der Waals surface area contributed by atoms with Gasteiger partial charge in [-0.1, -0.05) is 19.3 Å². The number of amidine groups is 1. The molecular weight excluding hydrogens is 440 g/mol. The van der Waals surface area contributed by atoms with E-state index in [0.717, 1.165) is 25.7 Å². The third-order valence-corrected chi connectivity index (χ3v) is 6.96. The van der Waals surface area contributed by atoms with E-state index in [4.69, 9.17) is 5.73 Å². The van der Waals surface area contributed by atoms with E-state index in [1.165, 1.54) is 13.3 Å². The average Bonchev–Trinajstić information content (AvgIpc) is 2.78. The smallest absolute Gasteiger partial charge is 0.261 e. The summed E-state index contributed by atoms with van der Waals surface area (Å²) >= 11 is 0. The second kappa shape index (κ2) is 11.2. The number of nitrogens with zero attached hydrogens (tertiary/aromatic N) is 2. The number of nitrogens with two attached hydrogens (primary N) is 1. The summed E-state index contributed by atoms with van der Waals surface area (Å²) in [5, 5.41) is 6.20. The molecule has 5 N–H and O–H groups in total. The highest BCUT2D eigenvalue weighted by atomic mass is 32.2. The number of H-pyrrole nitrogens is 1. The molecule has 9 nitrogen and oxygen atoms in total. The average molecular weight is 473 g/mol. The predicted octanol–water partition coefficient (Wildman–Crippen LogP) is 2.38. The molecule has 2 aromatic rings. The van der Waals surface area contributed by atoms with Gasteiger partial charge in [-0.25, -0.2) is 13.5 Å². The molecule has 1 atom stereocenters. The standard InChI is InChI=1S/C23H32N6O3S/c1-15(30)26-14-16-13-18(9-10-20(16)33(32)29(2)3)28-22(24)21-19(11-12-25-23(21)31)27-17-7-5-4-6-8-17/h9-13,17H,4-8,14H2,1-3H3,(H2,24,28)(H,26,30)(H2,25,27,31). The topological polar surface area (TPSA) is 133 Å². The molecule has 0 bridgehead atoms. The van der Waals surface area contributed by atoms with Gasteiger partial charge in [0, 0.05) is 25.7 Å². The summed E-state index contributed by atoms with van der Waals surface area (Å²) in [7, 11) is 2.03. The molecule has 178 valence electrons. The van der Waals surface area contributed by atoms with Crippen LogP contribution in [-0.2, 0) is 22.3 Å². The Bertz CT molecular complexity index is 1110. The molecule has 1 saturated carbocycles. The van der Waals surface area contributed by atoms with Gasteiger partial charge in [0.25, 0.3) is 5.56 Å². The lowest BCUT2D eigenvalue weighted by molar-refractivity contribution is -0.119. The number of rotatable bonds is 8. The van der Waals surface area contributed by atoms with Gasteiger partial charge in [-0.15, -0.1) is 0 Å². The van der Waals surface area contributed by atoms with Crippen LogP contribution in [0.15, 0.2) is 45.1 Å². The normalized spacial score (nSPS) is 15.9. The Morgan fingerprint density at radius 1 is 1.24 bits per heavy atom. The van der Waals surface area contributed by atoms with Crippen molar-refractivity contribution in [2.24, 2.45) is 10.7 Å². The van der Waals surface area contributed by atoms with Gasteiger partial charge in [0.1, 0.15) is 22.4 Å². The lowest BCUT2D eigenvalue weighted by Crippen LogP contribution is -2.29. The van der Waals surface area contributed by atoms with Crippen LogP contribution in [0.3, 0.4) is 0 Å². The summed E-state index contributed by atoms with van der Waals surface area (Å²) in [6.45, 7) is 1.62. The fraction of sp³-hybridized carbons (Fsp3) is 0.435. The van der Waals surface area contributed by atoms with Crippen molar-refractivity contribution in [3.63, 3.8) is 0 Å². The molecule has 3 rings (SSSR count). The third kappa shape index (κ3) is 6.52. The van der Waals surface area contributed by atoms with Gasteiger partial charge in [0.15, 0.2) is 0 Å². The Labute approximate surface area is 196 Å². The van der Waals surface area contributed by atoms with Crippen LogP contribution < -0.4 is 21.9 Å². The lowest BCUT2D eigenvalue weighted by Gasteiger charge is -2.24. The number of aromatic amines is 1. The van der Waals surface area contributed by atoms with E-state index in [0.29, 0.717) is 33.4 Å². The zero-order chi connectivity index (χ0) is 24.0. The second-order valence-corrected chi connectivity index (χ2v) is 10.0. The summed E-state index contributed by atoms with van der Waals surface area (Å²) < 4.78 is 14.2. The molecule has 0 spiro atoms. The quantitative estimate of drug-likeness (QED) is 0.346. The molecule has 1 aliphatic carbocycles. The summed E-state index contributed by atoms with van der Waals surface area (Å²) in [5.74, 6) is -0.110. The molecule has 0 saturated heterocycles. The maximum absolute atomic E-state index is 12.7. The number of nitrogens with one attached hydrogen (secondary N) is 3. The lowest BCUT2D eigenvalue weighted by atomic mass is 9.95. The van der Waals surface area contributed by atoms with E-state index >= 15 is 0 Å². The van der Waals surface area contributed by atoms with Crippen molar-refractivity contribution in [3.05, 3.63) is 51.9 Å². The van der Waals surface area contributed by atoms with E-state index < -0.39 is 11.0 Å². The molecule has 0 radical (unpaired) electrons. The summed E-state index contributed by atoms with van der Waals surface area (Å²) in [6, 6.07) is 7.24. The number of carbonyl (C=O) groups is 1. The van der Waals surface area contributed by atoms with Gasteiger partial charge in [-0.05, 0) is 56.8 Å². The molecule has 1 amide bonds. The van der Waals surface area contributed by atoms with Crippen LogP contribution in [0.2, 0.25) is 0 Å². The number of anilines is 1. The van der Waals surface area contributed by atoms with Crippen molar-refractivity contribution >= 4 is 34.1 Å².